The second-order valence-corrected chi connectivity index (χ2v) is 6.03. The number of ketones is 2. The van der Waals surface area contributed by atoms with Crippen molar-refractivity contribution < 1.29 is 19.1 Å². The summed E-state index contributed by atoms with van der Waals surface area (Å²) in [5.74, 6) is 2.02. The van der Waals surface area contributed by atoms with Crippen LogP contribution in [0.2, 0.25) is 0 Å². The summed E-state index contributed by atoms with van der Waals surface area (Å²) in [5, 5.41) is 0. The van der Waals surface area contributed by atoms with Crippen molar-refractivity contribution in [2.45, 2.75) is 25.7 Å². The molecule has 2 heterocycles. The lowest BCUT2D eigenvalue weighted by molar-refractivity contribution is -0.123. The molecule has 0 spiro atoms. The molecule has 2 unspecified atom stereocenters. The van der Waals surface area contributed by atoms with E-state index in [1.54, 1.807) is 0 Å². The third kappa shape index (κ3) is 3.18. The van der Waals surface area contributed by atoms with Gasteiger partial charge in [0.2, 0.25) is 0 Å². The van der Waals surface area contributed by atoms with Crippen LogP contribution in [-0.2, 0) is 9.59 Å². The molecule has 0 aromatic heterocycles. The van der Waals surface area contributed by atoms with E-state index in [2.05, 4.69) is 0 Å². The first-order valence-electron chi connectivity index (χ1n) is 8.07. The van der Waals surface area contributed by atoms with Crippen LogP contribution in [0.1, 0.15) is 36.8 Å². The Kier molecular flexibility index (Phi) is 4.65. The number of Topliss-reactive ketones (excluding diaryl/α,β-unsaturated/α-hetero) is 2. The lowest BCUT2D eigenvalue weighted by Gasteiger charge is -2.21. The summed E-state index contributed by atoms with van der Waals surface area (Å²) in [5.41, 5.74) is 2.02. The van der Waals surface area contributed by atoms with Crippen molar-refractivity contribution in [1.82, 2.24) is 0 Å². The number of carbonyl (C=O) groups excluding carboxylic acids is 2. The Bertz CT molecular complexity index is 700. The van der Waals surface area contributed by atoms with E-state index < -0.39 is 0 Å². The zero-order valence-corrected chi connectivity index (χ0v) is 13.8. The van der Waals surface area contributed by atoms with E-state index in [-0.39, 0.29) is 36.6 Å². The minimum Gasteiger partial charge on any atom is -0.486 e. The van der Waals surface area contributed by atoms with Crippen LogP contribution in [0.15, 0.2) is 48.5 Å². The standard InChI is InChI=1S/2C10H10O2/c2*1-7-8-4-2-3-5-10(8)12-6-9(7)11/h2*2-5,7H,6H2,1H3. The zero-order valence-electron chi connectivity index (χ0n) is 13.8. The monoisotopic (exact) mass is 324 g/mol. The largest absolute Gasteiger partial charge is 0.486 e. The summed E-state index contributed by atoms with van der Waals surface area (Å²) in [6.45, 7) is 4.28. The van der Waals surface area contributed by atoms with Crippen molar-refractivity contribution in [3.63, 3.8) is 0 Å². The molecule has 2 aliphatic rings. The second-order valence-electron chi connectivity index (χ2n) is 6.03. The summed E-state index contributed by atoms with van der Waals surface area (Å²) in [6, 6.07) is 15.4. The summed E-state index contributed by atoms with van der Waals surface area (Å²) in [6.07, 6.45) is 0. The van der Waals surface area contributed by atoms with Gasteiger partial charge in [-0.1, -0.05) is 50.2 Å². The highest BCUT2D eigenvalue weighted by Crippen LogP contribution is 2.31. The van der Waals surface area contributed by atoms with E-state index in [1.165, 1.54) is 0 Å². The van der Waals surface area contributed by atoms with Crippen molar-refractivity contribution in [2.75, 3.05) is 13.2 Å². The molecule has 2 aliphatic heterocycles. The molecular weight excluding hydrogens is 304 g/mol. The van der Waals surface area contributed by atoms with Gasteiger partial charge in [-0.25, -0.2) is 0 Å². The number of carbonyl (C=O) groups is 2. The van der Waals surface area contributed by atoms with Gasteiger partial charge in [-0.05, 0) is 12.1 Å². The van der Waals surface area contributed by atoms with E-state index in [1.807, 2.05) is 62.4 Å². The van der Waals surface area contributed by atoms with E-state index in [0.717, 1.165) is 22.6 Å². The summed E-state index contributed by atoms with van der Waals surface area (Å²) < 4.78 is 10.5. The zero-order chi connectivity index (χ0) is 17.1. The number of hydrogen-bond acceptors (Lipinski definition) is 4. The van der Waals surface area contributed by atoms with Gasteiger partial charge in [-0.3, -0.25) is 9.59 Å². The Balaban J connectivity index is 0.000000141. The van der Waals surface area contributed by atoms with Crippen molar-refractivity contribution in [3.05, 3.63) is 59.7 Å². The van der Waals surface area contributed by atoms with Crippen molar-refractivity contribution in [3.8, 4) is 11.5 Å². The third-order valence-electron chi connectivity index (χ3n) is 4.48. The van der Waals surface area contributed by atoms with Gasteiger partial charge in [0.15, 0.2) is 11.6 Å². The third-order valence-corrected chi connectivity index (χ3v) is 4.48. The first-order valence-corrected chi connectivity index (χ1v) is 8.07. The first kappa shape index (κ1) is 16.2. The molecule has 0 saturated heterocycles. The maximum Gasteiger partial charge on any atom is 0.177 e. The van der Waals surface area contributed by atoms with E-state index in [4.69, 9.17) is 9.47 Å². The minimum atomic E-state index is -0.00468. The molecule has 24 heavy (non-hydrogen) atoms. The van der Waals surface area contributed by atoms with Gasteiger partial charge in [0.25, 0.3) is 0 Å². The minimum absolute atomic E-state index is 0.00468. The maximum atomic E-state index is 11.2. The number of ether oxygens (including phenoxy) is 2. The Labute approximate surface area is 141 Å². The fourth-order valence-corrected chi connectivity index (χ4v) is 2.83. The molecule has 124 valence electrons. The molecule has 0 bridgehead atoms. The molecule has 0 fully saturated rings. The molecule has 0 radical (unpaired) electrons. The SMILES string of the molecule is CC1C(=O)COc2ccccc21.CC1C(=O)COc2ccccc21. The molecule has 0 aliphatic carbocycles. The molecule has 0 saturated carbocycles. The molecule has 0 N–H and O–H groups in total. The van der Waals surface area contributed by atoms with Gasteiger partial charge in [-0.15, -0.1) is 0 Å². The predicted molar refractivity (Wildman–Crippen MR) is 90.7 cm³/mol. The van der Waals surface area contributed by atoms with Gasteiger partial charge in [0.1, 0.15) is 24.7 Å². The normalized spacial score (nSPS) is 21.4. The van der Waals surface area contributed by atoms with Gasteiger partial charge >= 0.3 is 0 Å². The second kappa shape index (κ2) is 6.87. The van der Waals surface area contributed by atoms with E-state index >= 15 is 0 Å². The molecule has 0 amide bonds. The molecule has 2 aromatic carbocycles. The number of benzene rings is 2. The highest BCUT2D eigenvalue weighted by molar-refractivity contribution is 5.89. The summed E-state index contributed by atoms with van der Waals surface area (Å²) >= 11 is 0. The molecule has 2 aromatic rings. The number of hydrogen-bond donors (Lipinski definition) is 0. The fourth-order valence-electron chi connectivity index (χ4n) is 2.83. The molecule has 4 rings (SSSR count). The Morgan fingerprint density at radius 2 is 1.08 bits per heavy atom. The van der Waals surface area contributed by atoms with Crippen molar-refractivity contribution >= 4 is 11.6 Å². The topological polar surface area (TPSA) is 52.6 Å². The van der Waals surface area contributed by atoms with Gasteiger partial charge in [0.05, 0.1) is 0 Å². The van der Waals surface area contributed by atoms with Crippen LogP contribution in [0.25, 0.3) is 0 Å². The fraction of sp³-hybridized carbons (Fsp3) is 0.300. The van der Waals surface area contributed by atoms with Crippen LogP contribution in [0.4, 0.5) is 0 Å². The molecule has 4 heteroatoms. The van der Waals surface area contributed by atoms with E-state index in [0.29, 0.717) is 0 Å². The average molecular weight is 324 g/mol. The number of fused-ring (bicyclic) bond motifs is 2. The number of para-hydroxylation sites is 2. The lowest BCUT2D eigenvalue weighted by Crippen LogP contribution is -2.23. The van der Waals surface area contributed by atoms with Crippen LogP contribution in [0.3, 0.4) is 0 Å². The molecule has 4 nitrogen and oxygen atoms in total. The average Bonchev–Trinajstić information content (AvgIpc) is 2.62. The number of rotatable bonds is 0. The Morgan fingerprint density at radius 3 is 1.50 bits per heavy atom. The smallest absolute Gasteiger partial charge is 0.177 e. The maximum absolute atomic E-state index is 11.2. The Hall–Kier alpha value is -2.62. The van der Waals surface area contributed by atoms with Crippen LogP contribution < -0.4 is 9.47 Å². The Morgan fingerprint density at radius 1 is 0.708 bits per heavy atom. The van der Waals surface area contributed by atoms with Crippen LogP contribution >= 0.6 is 0 Å². The predicted octanol–water partition coefficient (Wildman–Crippen LogP) is 3.50. The van der Waals surface area contributed by atoms with Crippen LogP contribution in [-0.4, -0.2) is 24.8 Å². The van der Waals surface area contributed by atoms with Gasteiger partial charge in [-0.2, -0.15) is 0 Å². The van der Waals surface area contributed by atoms with Crippen LogP contribution in [0, 0.1) is 0 Å². The van der Waals surface area contributed by atoms with Crippen LogP contribution in [0.5, 0.6) is 11.5 Å². The lowest BCUT2D eigenvalue weighted by atomic mass is 9.94. The van der Waals surface area contributed by atoms with Crippen molar-refractivity contribution in [1.29, 1.82) is 0 Å². The molecule has 2 atom stereocenters. The first-order chi connectivity index (χ1) is 11.6. The van der Waals surface area contributed by atoms with E-state index in [9.17, 15) is 9.59 Å². The quantitative estimate of drug-likeness (QED) is 0.744. The van der Waals surface area contributed by atoms with Gasteiger partial charge in [0, 0.05) is 23.0 Å². The summed E-state index contributed by atoms with van der Waals surface area (Å²) in [4.78, 5) is 22.5. The summed E-state index contributed by atoms with van der Waals surface area (Å²) in [7, 11) is 0. The highest BCUT2D eigenvalue weighted by atomic mass is 16.5. The van der Waals surface area contributed by atoms with Crippen molar-refractivity contribution in [2.24, 2.45) is 0 Å². The highest BCUT2D eigenvalue weighted by Gasteiger charge is 2.24. The van der Waals surface area contributed by atoms with Gasteiger partial charge < -0.3 is 9.47 Å². The molecular formula is C20H20O4.